The summed E-state index contributed by atoms with van der Waals surface area (Å²) in [6.07, 6.45) is 1.66. The van der Waals surface area contributed by atoms with Crippen LogP contribution in [0.3, 0.4) is 0 Å². The Labute approximate surface area is 143 Å². The molecule has 0 radical (unpaired) electrons. The topological polar surface area (TPSA) is 50.7 Å². The molecule has 0 aliphatic rings. The lowest BCUT2D eigenvalue weighted by atomic mass is 10.0. The molecule has 0 aliphatic heterocycles. The first-order chi connectivity index (χ1) is 11.4. The fourth-order valence-electron chi connectivity index (χ4n) is 2.33. The molecule has 0 heterocycles. The molecule has 2 aromatic carbocycles. The van der Waals surface area contributed by atoms with E-state index in [2.05, 4.69) is 36.5 Å². The van der Waals surface area contributed by atoms with E-state index in [0.717, 1.165) is 28.0 Å². The highest BCUT2D eigenvalue weighted by molar-refractivity contribution is 5.84. The number of hydrogen-bond donors (Lipinski definition) is 1. The molecule has 0 aliphatic carbocycles. The summed E-state index contributed by atoms with van der Waals surface area (Å²) >= 11 is 0. The number of benzene rings is 2. The molecule has 0 atom stereocenters. The van der Waals surface area contributed by atoms with Crippen molar-refractivity contribution in [3.63, 3.8) is 0 Å². The second kappa shape index (κ2) is 7.77. The molecule has 0 saturated carbocycles. The van der Waals surface area contributed by atoms with E-state index in [1.54, 1.807) is 6.21 Å². The van der Waals surface area contributed by atoms with Crippen LogP contribution >= 0.6 is 0 Å². The lowest BCUT2D eigenvalue weighted by molar-refractivity contribution is -0.123. The number of rotatable bonds is 5. The number of aryl methyl sites for hydroxylation is 5. The van der Waals surface area contributed by atoms with Gasteiger partial charge < -0.3 is 4.74 Å². The van der Waals surface area contributed by atoms with E-state index in [9.17, 15) is 4.79 Å². The Morgan fingerprint density at radius 1 is 1.00 bits per heavy atom. The van der Waals surface area contributed by atoms with Crippen molar-refractivity contribution >= 4 is 12.1 Å². The number of ether oxygens (including phenoxy) is 1. The van der Waals surface area contributed by atoms with Crippen LogP contribution in [0, 0.1) is 34.6 Å². The third-order valence-electron chi connectivity index (χ3n) is 3.98. The molecule has 1 N–H and O–H groups in total. The van der Waals surface area contributed by atoms with Gasteiger partial charge in [-0.15, -0.1) is 0 Å². The SMILES string of the molecule is Cc1ccc(C)c(OCC(=O)N/N=C\c2cc(C)c(C)cc2C)c1. The second-order valence-corrected chi connectivity index (χ2v) is 6.14. The van der Waals surface area contributed by atoms with Crippen LogP contribution < -0.4 is 10.2 Å². The normalized spacial score (nSPS) is 10.9. The molecule has 0 fully saturated rings. The van der Waals surface area contributed by atoms with Crippen LogP contribution in [0.15, 0.2) is 35.4 Å². The van der Waals surface area contributed by atoms with Gasteiger partial charge >= 0.3 is 0 Å². The first kappa shape index (κ1) is 17.7. The lowest BCUT2D eigenvalue weighted by Crippen LogP contribution is -2.24. The predicted octanol–water partition coefficient (Wildman–Crippen LogP) is 3.76. The van der Waals surface area contributed by atoms with Gasteiger partial charge in [0.05, 0.1) is 6.21 Å². The average molecular weight is 324 g/mol. The van der Waals surface area contributed by atoms with Crippen LogP contribution in [0.5, 0.6) is 5.75 Å². The summed E-state index contributed by atoms with van der Waals surface area (Å²) in [5, 5.41) is 4.02. The van der Waals surface area contributed by atoms with Crippen molar-refractivity contribution < 1.29 is 9.53 Å². The third-order valence-corrected chi connectivity index (χ3v) is 3.98. The summed E-state index contributed by atoms with van der Waals surface area (Å²) in [7, 11) is 0. The first-order valence-electron chi connectivity index (χ1n) is 7.96. The Morgan fingerprint density at radius 3 is 2.46 bits per heavy atom. The van der Waals surface area contributed by atoms with Gasteiger partial charge in [-0.3, -0.25) is 4.79 Å². The van der Waals surface area contributed by atoms with Crippen molar-refractivity contribution in [2.24, 2.45) is 5.10 Å². The minimum atomic E-state index is -0.284. The molecule has 4 nitrogen and oxygen atoms in total. The summed E-state index contributed by atoms with van der Waals surface area (Å²) < 4.78 is 5.55. The molecule has 0 unspecified atom stereocenters. The molecule has 1 amide bonds. The molecular formula is C20H24N2O2. The molecular weight excluding hydrogens is 300 g/mol. The van der Waals surface area contributed by atoms with Crippen molar-refractivity contribution in [2.45, 2.75) is 34.6 Å². The van der Waals surface area contributed by atoms with Crippen molar-refractivity contribution in [3.05, 3.63) is 63.7 Å². The molecule has 0 spiro atoms. The maximum Gasteiger partial charge on any atom is 0.277 e. The zero-order valence-electron chi connectivity index (χ0n) is 14.9. The standard InChI is InChI=1S/C20H24N2O2/c1-13-6-7-14(2)19(8-13)24-12-20(23)22-21-11-18-10-16(4)15(3)9-17(18)5/h6-11H,12H2,1-5H3,(H,22,23)/b21-11-. The fourth-order valence-corrected chi connectivity index (χ4v) is 2.33. The summed E-state index contributed by atoms with van der Waals surface area (Å²) in [6.45, 7) is 10.0. The van der Waals surface area contributed by atoms with Crippen molar-refractivity contribution in [1.82, 2.24) is 5.43 Å². The largest absolute Gasteiger partial charge is 0.483 e. The highest BCUT2D eigenvalue weighted by atomic mass is 16.5. The van der Waals surface area contributed by atoms with E-state index in [0.29, 0.717) is 0 Å². The minimum absolute atomic E-state index is 0.0620. The van der Waals surface area contributed by atoms with E-state index >= 15 is 0 Å². The Morgan fingerprint density at radius 2 is 1.71 bits per heavy atom. The van der Waals surface area contributed by atoms with Crippen LogP contribution in [0.4, 0.5) is 0 Å². The number of hydrazone groups is 1. The van der Waals surface area contributed by atoms with Gasteiger partial charge in [-0.1, -0.05) is 18.2 Å². The van der Waals surface area contributed by atoms with Crippen LogP contribution in [0.25, 0.3) is 0 Å². The highest BCUT2D eigenvalue weighted by Crippen LogP contribution is 2.18. The van der Waals surface area contributed by atoms with Crippen LogP contribution in [-0.2, 0) is 4.79 Å². The summed E-state index contributed by atoms with van der Waals surface area (Å²) in [4.78, 5) is 11.9. The molecule has 126 valence electrons. The number of carbonyl (C=O) groups excluding carboxylic acids is 1. The molecule has 0 saturated heterocycles. The summed E-state index contributed by atoms with van der Waals surface area (Å²) in [6, 6.07) is 10.1. The Hall–Kier alpha value is -2.62. The van der Waals surface area contributed by atoms with Gasteiger partial charge in [0.25, 0.3) is 5.91 Å². The van der Waals surface area contributed by atoms with Crippen molar-refractivity contribution in [3.8, 4) is 5.75 Å². The smallest absolute Gasteiger partial charge is 0.277 e. The van der Waals surface area contributed by atoms with Gasteiger partial charge in [0.1, 0.15) is 5.75 Å². The number of nitrogens with zero attached hydrogens (tertiary/aromatic N) is 1. The monoisotopic (exact) mass is 324 g/mol. The van der Waals surface area contributed by atoms with E-state index in [1.165, 1.54) is 11.1 Å². The van der Waals surface area contributed by atoms with Crippen molar-refractivity contribution in [2.75, 3.05) is 6.61 Å². The van der Waals surface area contributed by atoms with Gasteiger partial charge in [0.2, 0.25) is 0 Å². The molecule has 2 rings (SSSR count). The van der Waals surface area contributed by atoms with Gasteiger partial charge in [0, 0.05) is 0 Å². The number of carbonyl (C=O) groups is 1. The lowest BCUT2D eigenvalue weighted by Gasteiger charge is -2.09. The van der Waals surface area contributed by atoms with Crippen LogP contribution in [0.2, 0.25) is 0 Å². The zero-order chi connectivity index (χ0) is 17.7. The van der Waals surface area contributed by atoms with E-state index in [-0.39, 0.29) is 12.5 Å². The molecule has 4 heteroatoms. The maximum atomic E-state index is 11.9. The van der Waals surface area contributed by atoms with E-state index in [1.807, 2.05) is 39.0 Å². The Kier molecular flexibility index (Phi) is 5.74. The van der Waals surface area contributed by atoms with Gasteiger partial charge in [-0.25, -0.2) is 5.43 Å². The van der Waals surface area contributed by atoms with Gasteiger partial charge in [0.15, 0.2) is 6.61 Å². The first-order valence-corrected chi connectivity index (χ1v) is 7.96. The van der Waals surface area contributed by atoms with E-state index < -0.39 is 0 Å². The third kappa shape index (κ3) is 4.69. The second-order valence-electron chi connectivity index (χ2n) is 6.14. The minimum Gasteiger partial charge on any atom is -0.483 e. The zero-order valence-corrected chi connectivity index (χ0v) is 14.9. The predicted molar refractivity (Wildman–Crippen MR) is 97.8 cm³/mol. The molecule has 24 heavy (non-hydrogen) atoms. The van der Waals surface area contributed by atoms with Crippen molar-refractivity contribution in [1.29, 1.82) is 0 Å². The fraction of sp³-hybridized carbons (Fsp3) is 0.300. The Balaban J connectivity index is 1.91. The average Bonchev–Trinajstić information content (AvgIpc) is 2.53. The summed E-state index contributed by atoms with van der Waals surface area (Å²) in [5.74, 6) is 0.438. The number of amides is 1. The van der Waals surface area contributed by atoms with Crippen LogP contribution in [0.1, 0.15) is 33.4 Å². The van der Waals surface area contributed by atoms with Gasteiger partial charge in [-0.2, -0.15) is 5.10 Å². The van der Waals surface area contributed by atoms with Crippen LogP contribution in [-0.4, -0.2) is 18.7 Å². The number of hydrogen-bond acceptors (Lipinski definition) is 3. The molecule has 0 bridgehead atoms. The Bertz CT molecular complexity index is 779. The van der Waals surface area contributed by atoms with Gasteiger partial charge in [-0.05, 0) is 80.1 Å². The summed E-state index contributed by atoms with van der Waals surface area (Å²) in [5.41, 5.74) is 9.17. The maximum absolute atomic E-state index is 11.9. The molecule has 2 aromatic rings. The molecule has 0 aromatic heterocycles. The quantitative estimate of drug-likeness (QED) is 0.672. The van der Waals surface area contributed by atoms with E-state index in [4.69, 9.17) is 4.74 Å². The highest BCUT2D eigenvalue weighted by Gasteiger charge is 2.05. The number of nitrogens with one attached hydrogen (secondary N) is 1.